The smallest absolute Gasteiger partial charge is 0.271 e. The summed E-state index contributed by atoms with van der Waals surface area (Å²) in [5, 5.41) is 1.74. The quantitative estimate of drug-likeness (QED) is 0.205. The van der Waals surface area contributed by atoms with Crippen LogP contribution in [0, 0.1) is 0 Å². The molecule has 1 amide bonds. The molecule has 0 spiro atoms. The third-order valence-corrected chi connectivity index (χ3v) is 7.63. The molecule has 1 aliphatic rings. The van der Waals surface area contributed by atoms with Crippen LogP contribution in [-0.2, 0) is 11.4 Å². The predicted molar refractivity (Wildman–Crippen MR) is 158 cm³/mol. The highest BCUT2D eigenvalue weighted by Crippen LogP contribution is 2.38. The largest absolute Gasteiger partial charge is 0.488 e. The van der Waals surface area contributed by atoms with Gasteiger partial charge in [-0.1, -0.05) is 71.7 Å². The molecule has 0 atom stereocenters. The summed E-state index contributed by atoms with van der Waals surface area (Å²) in [7, 11) is 0. The fraction of sp³-hybridized carbons (Fsp3) is 0.0345. The first kappa shape index (κ1) is 25.6. The number of ether oxygens (including phenoxy) is 1. The summed E-state index contributed by atoms with van der Waals surface area (Å²) < 4.78 is 6.72. The van der Waals surface area contributed by atoms with Gasteiger partial charge in [-0.2, -0.15) is 0 Å². The van der Waals surface area contributed by atoms with E-state index in [0.717, 1.165) is 27.0 Å². The molecule has 4 aromatic carbocycles. The molecule has 1 heterocycles. The number of anilines is 1. The van der Waals surface area contributed by atoms with Crippen LogP contribution in [0.5, 0.6) is 5.75 Å². The minimum Gasteiger partial charge on any atom is -0.488 e. The van der Waals surface area contributed by atoms with E-state index in [9.17, 15) is 4.79 Å². The van der Waals surface area contributed by atoms with Crippen LogP contribution in [0.15, 0.2) is 111 Å². The number of hydrogen-bond donors (Lipinski definition) is 0. The Morgan fingerprint density at radius 2 is 1.65 bits per heavy atom. The molecule has 0 unspecified atom stereocenters. The van der Waals surface area contributed by atoms with Crippen molar-refractivity contribution in [3.05, 3.63) is 128 Å². The summed E-state index contributed by atoms with van der Waals surface area (Å²) in [6.07, 6.45) is 1.86. The second kappa shape index (κ2) is 11.6. The van der Waals surface area contributed by atoms with Gasteiger partial charge in [0.25, 0.3) is 5.91 Å². The monoisotopic (exact) mass is 608 g/mol. The number of carbonyl (C=O) groups is 1. The number of rotatable bonds is 6. The molecule has 0 aliphatic carbocycles. The molecular formula is C29H19BrCl2N2O2S. The molecule has 0 saturated carbocycles. The van der Waals surface area contributed by atoms with E-state index in [-0.39, 0.29) is 5.91 Å². The Hall–Kier alpha value is -3.03. The molecule has 1 fully saturated rings. The van der Waals surface area contributed by atoms with Crippen LogP contribution in [0.2, 0.25) is 10.0 Å². The minimum atomic E-state index is -0.125. The maximum absolute atomic E-state index is 13.5. The summed E-state index contributed by atoms with van der Waals surface area (Å²) in [4.78, 5) is 20.4. The van der Waals surface area contributed by atoms with E-state index in [1.54, 1.807) is 17.0 Å². The molecule has 1 aliphatic heterocycles. The van der Waals surface area contributed by atoms with Gasteiger partial charge in [-0.3, -0.25) is 9.69 Å². The van der Waals surface area contributed by atoms with Gasteiger partial charge in [0.05, 0.1) is 20.8 Å². The third-order valence-electron chi connectivity index (χ3n) is 5.45. The number of aliphatic imine (C=N–C) groups is 1. The van der Waals surface area contributed by atoms with Gasteiger partial charge in [-0.15, -0.1) is 0 Å². The number of thioether (sulfide) groups is 1. The van der Waals surface area contributed by atoms with E-state index in [0.29, 0.717) is 32.5 Å². The first-order valence-corrected chi connectivity index (χ1v) is 13.6. The first-order chi connectivity index (χ1) is 18.0. The van der Waals surface area contributed by atoms with Gasteiger partial charge in [-0.25, -0.2) is 4.99 Å². The molecule has 0 aromatic heterocycles. The average molecular weight is 610 g/mol. The lowest BCUT2D eigenvalue weighted by Crippen LogP contribution is -2.28. The number of amidine groups is 1. The van der Waals surface area contributed by atoms with Crippen molar-refractivity contribution in [1.82, 2.24) is 0 Å². The van der Waals surface area contributed by atoms with Gasteiger partial charge in [0.15, 0.2) is 5.17 Å². The fourth-order valence-corrected chi connectivity index (χ4v) is 5.61. The Morgan fingerprint density at radius 3 is 2.35 bits per heavy atom. The summed E-state index contributed by atoms with van der Waals surface area (Å²) in [6.45, 7) is 0.300. The van der Waals surface area contributed by atoms with Crippen molar-refractivity contribution in [2.45, 2.75) is 6.61 Å². The van der Waals surface area contributed by atoms with Crippen molar-refractivity contribution in [3.63, 3.8) is 0 Å². The van der Waals surface area contributed by atoms with Crippen molar-refractivity contribution in [3.8, 4) is 5.75 Å². The molecule has 1 saturated heterocycles. The lowest BCUT2D eigenvalue weighted by Gasteiger charge is -2.15. The molecule has 0 bridgehead atoms. The van der Waals surface area contributed by atoms with Crippen molar-refractivity contribution in [2.24, 2.45) is 4.99 Å². The van der Waals surface area contributed by atoms with Crippen LogP contribution < -0.4 is 9.64 Å². The van der Waals surface area contributed by atoms with E-state index >= 15 is 0 Å². The minimum absolute atomic E-state index is 0.125. The molecule has 0 radical (unpaired) electrons. The van der Waals surface area contributed by atoms with Gasteiger partial charge < -0.3 is 4.74 Å². The number of para-hydroxylation sites is 2. The van der Waals surface area contributed by atoms with Crippen LogP contribution in [0.4, 0.5) is 11.4 Å². The molecular weight excluding hydrogens is 591 g/mol. The van der Waals surface area contributed by atoms with Gasteiger partial charge in [0, 0.05) is 15.6 Å². The number of nitrogens with zero attached hydrogens (tertiary/aromatic N) is 2. The van der Waals surface area contributed by atoms with Gasteiger partial charge in [0.1, 0.15) is 12.4 Å². The highest BCUT2D eigenvalue weighted by Gasteiger charge is 2.34. The second-order valence-electron chi connectivity index (χ2n) is 8.03. The number of amides is 1. The fourth-order valence-electron chi connectivity index (χ4n) is 3.64. The van der Waals surface area contributed by atoms with E-state index in [1.807, 2.05) is 91.0 Å². The van der Waals surface area contributed by atoms with Crippen molar-refractivity contribution in [2.75, 3.05) is 4.90 Å². The van der Waals surface area contributed by atoms with Crippen LogP contribution in [-0.4, -0.2) is 11.1 Å². The standard InChI is InChI=1S/C29H19BrCl2N2O2S/c30-24-15-19(11-14-26(24)36-18-20-12-13-21(31)17-25(20)32)16-27-28(35)34(23-9-5-2-6-10-23)29(37-27)33-22-7-3-1-4-8-22/h1-17H,18H2/b27-16+,33-29?. The van der Waals surface area contributed by atoms with Crippen LogP contribution >= 0.6 is 50.9 Å². The van der Waals surface area contributed by atoms with Gasteiger partial charge >= 0.3 is 0 Å². The van der Waals surface area contributed by atoms with Crippen molar-refractivity contribution < 1.29 is 9.53 Å². The van der Waals surface area contributed by atoms with Gasteiger partial charge in [-0.05, 0) is 87.9 Å². The molecule has 184 valence electrons. The predicted octanol–water partition coefficient (Wildman–Crippen LogP) is 9.14. The summed E-state index contributed by atoms with van der Waals surface area (Å²) >= 11 is 17.2. The van der Waals surface area contributed by atoms with E-state index in [2.05, 4.69) is 15.9 Å². The lowest BCUT2D eigenvalue weighted by atomic mass is 10.2. The van der Waals surface area contributed by atoms with Crippen LogP contribution in [0.3, 0.4) is 0 Å². The first-order valence-electron chi connectivity index (χ1n) is 11.3. The number of benzene rings is 4. The Labute approximate surface area is 237 Å². The Kier molecular flexibility index (Phi) is 8.01. The summed E-state index contributed by atoms with van der Waals surface area (Å²) in [5.41, 5.74) is 3.24. The van der Waals surface area contributed by atoms with E-state index in [1.165, 1.54) is 11.8 Å². The van der Waals surface area contributed by atoms with Crippen molar-refractivity contribution in [1.29, 1.82) is 0 Å². The summed E-state index contributed by atoms with van der Waals surface area (Å²) in [5.74, 6) is 0.538. The number of hydrogen-bond acceptors (Lipinski definition) is 4. The normalized spacial score (nSPS) is 15.5. The molecule has 8 heteroatoms. The molecule has 5 rings (SSSR count). The highest BCUT2D eigenvalue weighted by molar-refractivity contribution is 9.10. The third kappa shape index (κ3) is 6.11. The maximum Gasteiger partial charge on any atom is 0.271 e. The zero-order valence-corrected chi connectivity index (χ0v) is 23.2. The maximum atomic E-state index is 13.5. The lowest BCUT2D eigenvalue weighted by molar-refractivity contribution is -0.113. The van der Waals surface area contributed by atoms with Crippen molar-refractivity contribution >= 4 is 79.4 Å². The number of halogens is 3. The molecule has 0 N–H and O–H groups in total. The molecule has 4 aromatic rings. The van der Waals surface area contributed by atoms with E-state index < -0.39 is 0 Å². The van der Waals surface area contributed by atoms with Crippen LogP contribution in [0.25, 0.3) is 6.08 Å². The topological polar surface area (TPSA) is 41.9 Å². The summed E-state index contributed by atoms with van der Waals surface area (Å²) in [6, 6.07) is 30.1. The average Bonchev–Trinajstić information content (AvgIpc) is 3.19. The van der Waals surface area contributed by atoms with Crippen LogP contribution in [0.1, 0.15) is 11.1 Å². The molecule has 37 heavy (non-hydrogen) atoms. The highest BCUT2D eigenvalue weighted by atomic mass is 79.9. The van der Waals surface area contributed by atoms with E-state index in [4.69, 9.17) is 32.9 Å². The SMILES string of the molecule is O=C1/C(=C\c2ccc(OCc3ccc(Cl)cc3Cl)c(Br)c2)SC(=Nc2ccccc2)N1c1ccccc1. The Bertz CT molecular complexity index is 1510. The Balaban J connectivity index is 1.40. The zero-order chi connectivity index (χ0) is 25.8. The number of carbonyl (C=O) groups excluding carboxylic acids is 1. The zero-order valence-electron chi connectivity index (χ0n) is 19.3. The van der Waals surface area contributed by atoms with Gasteiger partial charge in [0.2, 0.25) is 0 Å². The second-order valence-corrected chi connectivity index (χ2v) is 10.7. The Morgan fingerprint density at radius 1 is 0.919 bits per heavy atom. The molecule has 4 nitrogen and oxygen atoms in total.